The Hall–Kier alpha value is -2.20. The largest absolute Gasteiger partial charge is 0.326 e. The van der Waals surface area contributed by atoms with E-state index in [1.165, 1.54) is 4.31 Å². The molecule has 10 heteroatoms. The van der Waals surface area contributed by atoms with Gasteiger partial charge in [-0.3, -0.25) is 14.2 Å². The van der Waals surface area contributed by atoms with Crippen molar-refractivity contribution in [1.29, 1.82) is 0 Å². The molecular weight excluding hydrogens is 470 g/mol. The Morgan fingerprint density at radius 3 is 2.41 bits per heavy atom. The topological polar surface area (TPSA) is 88.5 Å². The normalized spacial score (nSPS) is 16.0. The molecule has 1 saturated heterocycles. The first kappa shape index (κ1) is 23.0. The maximum Gasteiger partial charge on any atom is 0.308 e. The number of hydrogen-bond acceptors (Lipinski definition) is 5. The molecule has 0 atom stereocenters. The molecule has 1 fully saturated rings. The van der Waals surface area contributed by atoms with Crippen LogP contribution in [-0.2, 0) is 14.8 Å². The molecule has 0 unspecified atom stereocenters. The maximum absolute atomic E-state index is 13.2. The first-order valence-corrected chi connectivity index (χ1v) is 13.0. The third-order valence-corrected chi connectivity index (χ3v) is 8.74. The van der Waals surface area contributed by atoms with Crippen LogP contribution < -0.4 is 10.2 Å². The second-order valence-corrected chi connectivity index (χ2v) is 11.5. The van der Waals surface area contributed by atoms with E-state index in [0.29, 0.717) is 28.3 Å². The molecule has 1 aliphatic rings. The summed E-state index contributed by atoms with van der Waals surface area (Å²) in [5.74, 6) is -0.379. The van der Waals surface area contributed by atoms with Crippen LogP contribution >= 0.6 is 22.9 Å². The van der Waals surface area contributed by atoms with E-state index in [9.17, 15) is 18.0 Å². The van der Waals surface area contributed by atoms with E-state index in [4.69, 9.17) is 11.6 Å². The highest BCUT2D eigenvalue weighted by molar-refractivity contribution is 7.89. The number of rotatable bonds is 5. The molecule has 0 radical (unpaired) electrons. The number of halogens is 1. The number of fused-ring (bicyclic) bond motifs is 1. The first-order chi connectivity index (χ1) is 15.2. The fourth-order valence-corrected chi connectivity index (χ4v) is 6.70. The predicted octanol–water partition coefficient (Wildman–Crippen LogP) is 4.34. The second kappa shape index (κ2) is 8.97. The number of thiazole rings is 1. The lowest BCUT2D eigenvalue weighted by Gasteiger charge is -2.30. The molecule has 1 aliphatic heterocycles. The van der Waals surface area contributed by atoms with Crippen molar-refractivity contribution in [3.05, 3.63) is 57.2 Å². The number of nitrogens with one attached hydrogen (secondary N) is 1. The lowest BCUT2D eigenvalue weighted by atomic mass is 9.97. The summed E-state index contributed by atoms with van der Waals surface area (Å²) in [5.41, 5.74) is 1.40. The van der Waals surface area contributed by atoms with E-state index in [-0.39, 0.29) is 40.7 Å². The maximum atomic E-state index is 13.2. The zero-order valence-corrected chi connectivity index (χ0v) is 20.1. The number of benzene rings is 2. The van der Waals surface area contributed by atoms with Crippen molar-refractivity contribution >= 4 is 54.8 Å². The van der Waals surface area contributed by atoms with Crippen molar-refractivity contribution in [3.63, 3.8) is 0 Å². The Morgan fingerprint density at radius 1 is 1.12 bits per heavy atom. The van der Waals surface area contributed by atoms with E-state index in [0.717, 1.165) is 16.9 Å². The number of sulfonamides is 1. The van der Waals surface area contributed by atoms with Crippen molar-refractivity contribution < 1.29 is 13.2 Å². The van der Waals surface area contributed by atoms with Crippen LogP contribution in [0.5, 0.6) is 0 Å². The summed E-state index contributed by atoms with van der Waals surface area (Å²) >= 11 is 6.92. The molecule has 1 aromatic heterocycles. The Bertz CT molecular complexity index is 1310. The number of carbonyl (C=O) groups excluding carboxylic acids is 1. The molecule has 3 aromatic rings. The average Bonchev–Trinajstić information content (AvgIpc) is 3.10. The van der Waals surface area contributed by atoms with Gasteiger partial charge in [0.05, 0.1) is 15.1 Å². The summed E-state index contributed by atoms with van der Waals surface area (Å²) < 4.78 is 30.1. The third-order valence-electron chi connectivity index (χ3n) is 5.68. The van der Waals surface area contributed by atoms with Crippen molar-refractivity contribution in [2.45, 2.75) is 37.6 Å². The van der Waals surface area contributed by atoms with Gasteiger partial charge in [-0.25, -0.2) is 8.42 Å². The number of aromatic nitrogens is 1. The molecule has 0 spiro atoms. The first-order valence-electron chi connectivity index (χ1n) is 10.4. The molecule has 1 N–H and O–H groups in total. The highest BCUT2D eigenvalue weighted by Crippen LogP contribution is 2.28. The van der Waals surface area contributed by atoms with Gasteiger partial charge in [0, 0.05) is 35.8 Å². The Kier molecular flexibility index (Phi) is 6.44. The molecule has 2 heterocycles. The monoisotopic (exact) mass is 493 g/mol. The van der Waals surface area contributed by atoms with Gasteiger partial charge in [-0.2, -0.15) is 4.31 Å². The highest BCUT2D eigenvalue weighted by atomic mass is 35.5. The standard InChI is InChI=1S/C22H24ClN3O4S2/c1-14(2)26-19-8-7-18(13-20(19)31-22(26)28)32(29,30)25-11-9-15(10-12-25)21(27)24-17-5-3-16(23)4-6-17/h3-8,13-15H,9-12H2,1-2H3,(H,24,27). The van der Waals surface area contributed by atoms with Gasteiger partial charge in [-0.1, -0.05) is 22.9 Å². The minimum Gasteiger partial charge on any atom is -0.326 e. The fourth-order valence-electron chi connectivity index (χ4n) is 3.95. The van der Waals surface area contributed by atoms with Crippen LogP contribution in [0.3, 0.4) is 0 Å². The van der Waals surface area contributed by atoms with Crippen LogP contribution in [0.2, 0.25) is 5.02 Å². The number of piperidine rings is 1. The quantitative estimate of drug-likeness (QED) is 0.572. The molecule has 170 valence electrons. The van der Waals surface area contributed by atoms with Gasteiger partial charge in [-0.15, -0.1) is 0 Å². The minimum absolute atomic E-state index is 0.00301. The van der Waals surface area contributed by atoms with Crippen LogP contribution in [-0.4, -0.2) is 36.3 Å². The minimum atomic E-state index is -3.71. The number of carbonyl (C=O) groups is 1. The van der Waals surface area contributed by atoms with Gasteiger partial charge in [0.15, 0.2) is 0 Å². The van der Waals surface area contributed by atoms with E-state index >= 15 is 0 Å². The SMILES string of the molecule is CC(C)n1c(=O)sc2cc(S(=O)(=O)N3CCC(C(=O)Nc4ccc(Cl)cc4)CC3)ccc21. The zero-order chi connectivity index (χ0) is 23.0. The Morgan fingerprint density at radius 2 is 1.78 bits per heavy atom. The van der Waals surface area contributed by atoms with E-state index in [2.05, 4.69) is 5.32 Å². The van der Waals surface area contributed by atoms with Gasteiger partial charge in [0.25, 0.3) is 0 Å². The van der Waals surface area contributed by atoms with Gasteiger partial charge >= 0.3 is 4.87 Å². The number of amides is 1. The average molecular weight is 494 g/mol. The van der Waals surface area contributed by atoms with Crippen molar-refractivity contribution in [1.82, 2.24) is 8.87 Å². The molecular formula is C22H24ClN3O4S2. The van der Waals surface area contributed by atoms with Crippen LogP contribution in [0, 0.1) is 5.92 Å². The van der Waals surface area contributed by atoms with Crippen LogP contribution in [0.15, 0.2) is 52.2 Å². The number of hydrogen-bond donors (Lipinski definition) is 1. The number of nitrogens with zero attached hydrogens (tertiary/aromatic N) is 2. The van der Waals surface area contributed by atoms with E-state index in [1.54, 1.807) is 47.0 Å². The smallest absolute Gasteiger partial charge is 0.308 e. The van der Waals surface area contributed by atoms with Crippen molar-refractivity contribution in [2.75, 3.05) is 18.4 Å². The molecule has 4 rings (SSSR count). The van der Waals surface area contributed by atoms with Gasteiger partial charge in [0.2, 0.25) is 15.9 Å². The van der Waals surface area contributed by atoms with E-state index < -0.39 is 10.0 Å². The summed E-state index contributed by atoms with van der Waals surface area (Å²) in [6.07, 6.45) is 0.885. The zero-order valence-electron chi connectivity index (χ0n) is 17.7. The summed E-state index contributed by atoms with van der Waals surface area (Å²) in [6.45, 7) is 4.38. The summed E-state index contributed by atoms with van der Waals surface area (Å²) in [4.78, 5) is 24.9. The molecule has 0 saturated carbocycles. The predicted molar refractivity (Wildman–Crippen MR) is 128 cm³/mol. The summed E-state index contributed by atoms with van der Waals surface area (Å²) in [7, 11) is -3.71. The van der Waals surface area contributed by atoms with Crippen molar-refractivity contribution in [2.24, 2.45) is 5.92 Å². The molecule has 7 nitrogen and oxygen atoms in total. The van der Waals surface area contributed by atoms with Crippen LogP contribution in [0.1, 0.15) is 32.7 Å². The lowest BCUT2D eigenvalue weighted by Crippen LogP contribution is -2.41. The number of anilines is 1. The molecule has 0 bridgehead atoms. The van der Waals surface area contributed by atoms with Gasteiger partial charge in [-0.05, 0) is 69.2 Å². The molecule has 0 aliphatic carbocycles. The fraction of sp³-hybridized carbons (Fsp3) is 0.364. The van der Waals surface area contributed by atoms with Gasteiger partial charge < -0.3 is 5.32 Å². The van der Waals surface area contributed by atoms with Crippen molar-refractivity contribution in [3.8, 4) is 0 Å². The highest BCUT2D eigenvalue weighted by Gasteiger charge is 2.32. The lowest BCUT2D eigenvalue weighted by molar-refractivity contribution is -0.120. The second-order valence-electron chi connectivity index (χ2n) is 8.14. The van der Waals surface area contributed by atoms with E-state index in [1.807, 2.05) is 13.8 Å². The van der Waals surface area contributed by atoms with Crippen LogP contribution in [0.4, 0.5) is 5.69 Å². The molecule has 2 aromatic carbocycles. The van der Waals surface area contributed by atoms with Gasteiger partial charge in [0.1, 0.15) is 0 Å². The summed E-state index contributed by atoms with van der Waals surface area (Å²) in [5, 5.41) is 3.46. The third kappa shape index (κ3) is 4.47. The Labute approximate surface area is 195 Å². The Balaban J connectivity index is 1.46. The van der Waals surface area contributed by atoms with Crippen LogP contribution in [0.25, 0.3) is 10.2 Å². The molecule has 32 heavy (non-hydrogen) atoms. The summed E-state index contributed by atoms with van der Waals surface area (Å²) in [6, 6.07) is 11.7. The molecule has 1 amide bonds.